The molecule has 4 fully saturated rings. The van der Waals surface area contributed by atoms with Gasteiger partial charge in [0.15, 0.2) is 28.5 Å². The number of ketones is 2. The zero-order chi connectivity index (χ0) is 57.3. The van der Waals surface area contributed by atoms with Gasteiger partial charge in [-0.25, -0.2) is 4.79 Å². The van der Waals surface area contributed by atoms with Crippen molar-refractivity contribution >= 4 is 47.2 Å². The summed E-state index contributed by atoms with van der Waals surface area (Å²) in [6, 6.07) is 3.23. The molecule has 0 aromatic heterocycles. The van der Waals surface area contributed by atoms with Crippen molar-refractivity contribution < 1.29 is 82.4 Å². The fourth-order valence-corrected chi connectivity index (χ4v) is 11.9. The first-order valence-electron chi connectivity index (χ1n) is 26.7. The Labute approximate surface area is 457 Å². The maximum atomic E-state index is 15.9. The molecule has 7 N–H and O–H groups in total. The van der Waals surface area contributed by atoms with Crippen molar-refractivity contribution in [2.24, 2.45) is 11.8 Å². The molecule has 3 aliphatic carbocycles. The number of allylic oxidation sites excluding steroid dienone is 5. The van der Waals surface area contributed by atoms with Gasteiger partial charge in [-0.3, -0.25) is 34.1 Å². The van der Waals surface area contributed by atoms with Gasteiger partial charge in [-0.15, -0.1) is 0 Å². The van der Waals surface area contributed by atoms with E-state index in [0.29, 0.717) is 18.4 Å². The van der Waals surface area contributed by atoms with E-state index in [9.17, 15) is 44.4 Å². The second kappa shape index (κ2) is 21.3. The summed E-state index contributed by atoms with van der Waals surface area (Å²) in [5, 5.41) is 48.0. The molecule has 1 spiro atoms. The van der Waals surface area contributed by atoms with E-state index in [1.165, 1.54) is 38.1 Å². The standard InChI is InChI=1S/C59H69N3O17/c1-28(2)11-10-22-57(9)23-21-36-47(77-57)35(17-12-29(3)4)49-42(48(36)76-54(73)31(6)60-52(71)32-13-15-34(16-14-32)74-55-46(68)45(67)44(66)39(27-63)75-55)43(65)37-25-33-26-40-56(7,8)79-58(50(33)69,59(37,40)78-49)24-20-30(5)51(70)61-38-18-19-41(64)62-53(38)72/h11-16,20-21,23,25,31,33,38-40,44-46,55,63,66-68H,10,17-19,22,24,26-27H2,1-9H3,(H,60,71)(H,61,70)(H,62,64,72)/b30-20-/t31?,33?,38?,39-,40?,44-,45+,46-,55-,57?,58?,59?/m1/s1. The maximum absolute atomic E-state index is 15.9. The molecule has 5 heterocycles. The fourth-order valence-electron chi connectivity index (χ4n) is 11.9. The number of imide groups is 1. The number of carbonyl (C=O) groups excluding carboxylic acids is 7. The third kappa shape index (κ3) is 10.2. The van der Waals surface area contributed by atoms with Gasteiger partial charge >= 0.3 is 5.97 Å². The summed E-state index contributed by atoms with van der Waals surface area (Å²) < 4.78 is 38.9. The van der Waals surface area contributed by atoms with Crippen LogP contribution in [0.25, 0.3) is 6.08 Å². The van der Waals surface area contributed by atoms with Crippen molar-refractivity contribution in [2.75, 3.05) is 6.61 Å². The van der Waals surface area contributed by atoms with Crippen LogP contribution in [0.5, 0.6) is 23.0 Å². The number of amides is 4. The minimum atomic E-state index is -1.86. The molecule has 4 amide bonds. The number of ether oxygens (including phenoxy) is 6. The van der Waals surface area contributed by atoms with Crippen molar-refractivity contribution in [3.8, 4) is 23.0 Å². The Kier molecular flexibility index (Phi) is 15.4. The number of aliphatic hydroxyl groups is 4. The minimum Gasteiger partial charge on any atom is -0.482 e. The molecule has 422 valence electrons. The van der Waals surface area contributed by atoms with E-state index < -0.39 is 119 Å². The number of hydrogen-bond donors (Lipinski definition) is 7. The summed E-state index contributed by atoms with van der Waals surface area (Å²) in [5.74, 6) is -5.43. The third-order valence-electron chi connectivity index (χ3n) is 16.2. The second-order valence-electron chi connectivity index (χ2n) is 22.9. The number of rotatable bonds is 16. The first-order chi connectivity index (χ1) is 37.2. The first kappa shape index (κ1) is 56.9. The van der Waals surface area contributed by atoms with Crippen LogP contribution in [0.1, 0.15) is 133 Å². The Morgan fingerprint density at radius 1 is 0.911 bits per heavy atom. The van der Waals surface area contributed by atoms with Crippen LogP contribution in [0.2, 0.25) is 0 Å². The summed E-state index contributed by atoms with van der Waals surface area (Å²) in [7, 11) is 0. The first-order valence-corrected chi connectivity index (χ1v) is 26.7. The van der Waals surface area contributed by atoms with Gasteiger partial charge in [0.25, 0.3) is 5.91 Å². The number of nitrogens with one attached hydrogen (secondary N) is 3. The average Bonchev–Trinajstić information content (AvgIpc) is 3.77. The zero-order valence-corrected chi connectivity index (χ0v) is 45.7. The normalized spacial score (nSPS) is 31.2. The highest BCUT2D eigenvalue weighted by Crippen LogP contribution is 2.69. The van der Waals surface area contributed by atoms with Gasteiger partial charge < -0.3 is 59.5 Å². The van der Waals surface area contributed by atoms with E-state index in [4.69, 9.17) is 28.4 Å². The predicted octanol–water partition coefficient (Wildman–Crippen LogP) is 4.27. The lowest BCUT2D eigenvalue weighted by Crippen LogP contribution is -2.72. The van der Waals surface area contributed by atoms with Crippen LogP contribution >= 0.6 is 0 Å². The van der Waals surface area contributed by atoms with Crippen LogP contribution in [0.4, 0.5) is 0 Å². The largest absolute Gasteiger partial charge is 0.482 e. The molecule has 8 aliphatic rings. The van der Waals surface area contributed by atoms with Crippen LogP contribution < -0.4 is 34.9 Å². The lowest BCUT2D eigenvalue weighted by Gasteiger charge is -2.56. The van der Waals surface area contributed by atoms with Gasteiger partial charge in [0.05, 0.1) is 17.8 Å². The summed E-state index contributed by atoms with van der Waals surface area (Å²) in [6.45, 7) is 15.7. The molecule has 3 saturated heterocycles. The number of Topliss-reactive ketones (excluding diaryl/α,β-unsaturated/α-hetero) is 2. The molecule has 2 aromatic carbocycles. The Hall–Kier alpha value is -6.81. The molecule has 20 nitrogen and oxygen atoms in total. The van der Waals surface area contributed by atoms with Crippen LogP contribution in [0, 0.1) is 11.8 Å². The molecule has 2 aromatic rings. The highest BCUT2D eigenvalue weighted by atomic mass is 16.7. The molecule has 5 aliphatic heterocycles. The third-order valence-corrected chi connectivity index (χ3v) is 16.2. The predicted molar refractivity (Wildman–Crippen MR) is 283 cm³/mol. The van der Waals surface area contributed by atoms with Crippen LogP contribution in [0.3, 0.4) is 0 Å². The smallest absolute Gasteiger partial charge is 0.333 e. The quantitative estimate of drug-likeness (QED) is 0.0406. The molecular formula is C59H69N3O17. The van der Waals surface area contributed by atoms with Crippen LogP contribution in [-0.4, -0.2) is 133 Å². The molecule has 4 bridgehead atoms. The second-order valence-corrected chi connectivity index (χ2v) is 22.9. The van der Waals surface area contributed by atoms with Gasteiger partial charge in [0.2, 0.25) is 24.0 Å². The molecule has 12 atom stereocenters. The Bertz CT molecular complexity index is 3050. The summed E-state index contributed by atoms with van der Waals surface area (Å²) in [4.78, 5) is 97.4. The maximum Gasteiger partial charge on any atom is 0.333 e. The molecule has 10 rings (SSSR count). The van der Waals surface area contributed by atoms with Crippen LogP contribution in [-0.2, 0) is 39.9 Å². The fraction of sp³-hybridized carbons (Fsp3) is 0.508. The van der Waals surface area contributed by atoms with Crippen LogP contribution in [0.15, 0.2) is 76.9 Å². The van der Waals surface area contributed by atoms with E-state index in [1.54, 1.807) is 18.2 Å². The monoisotopic (exact) mass is 1090 g/mol. The summed E-state index contributed by atoms with van der Waals surface area (Å²) >= 11 is 0. The van der Waals surface area contributed by atoms with Gasteiger partial charge in [-0.05, 0) is 131 Å². The van der Waals surface area contributed by atoms with E-state index in [1.807, 2.05) is 60.6 Å². The van der Waals surface area contributed by atoms with Gasteiger partial charge in [0.1, 0.15) is 64.9 Å². The molecule has 20 heteroatoms. The van der Waals surface area contributed by atoms with E-state index in [0.717, 1.165) is 11.1 Å². The number of esters is 1. The van der Waals surface area contributed by atoms with Crippen molar-refractivity contribution in [1.82, 2.24) is 16.0 Å². The minimum absolute atomic E-state index is 0.0194. The number of hydrogen-bond acceptors (Lipinski definition) is 17. The highest BCUT2D eigenvalue weighted by molar-refractivity contribution is 6.19. The molecule has 7 unspecified atom stereocenters. The van der Waals surface area contributed by atoms with E-state index in [2.05, 4.69) is 22.0 Å². The zero-order valence-electron chi connectivity index (χ0n) is 45.7. The lowest BCUT2D eigenvalue weighted by molar-refractivity contribution is -0.277. The average molecular weight is 1090 g/mol. The SMILES string of the molecule is CC(C)=CCCC1(C)C=Cc2c(c(CC=C(C)C)c3c(c2OC(=O)C(C)NC(=O)c2ccc(O[C@@H]4O[C@H](CO)[C@@H](O)[C@H](O)[C@H]4O)cc2)C(=O)C2=CC4CC5C(C)(C)OC(C/C=C(/C)C(=O)NC6CCC(=O)NC6=O)(C4=O)C25O3)O1. The Balaban J connectivity index is 1.08. The number of fused-ring (bicyclic) bond motifs is 2. The van der Waals surface area contributed by atoms with Gasteiger partial charge in [0, 0.05) is 47.0 Å². The summed E-state index contributed by atoms with van der Waals surface area (Å²) in [5.41, 5.74) is -2.56. The highest BCUT2D eigenvalue weighted by Gasteiger charge is 2.81. The number of piperidine rings is 1. The Morgan fingerprint density at radius 2 is 1.62 bits per heavy atom. The van der Waals surface area contributed by atoms with E-state index in [-0.39, 0.29) is 88.7 Å². The number of carbonyl (C=O) groups is 7. The van der Waals surface area contributed by atoms with Crippen molar-refractivity contribution in [1.29, 1.82) is 0 Å². The molecule has 0 radical (unpaired) electrons. The van der Waals surface area contributed by atoms with E-state index >= 15 is 9.59 Å². The molecule has 79 heavy (non-hydrogen) atoms. The lowest BCUT2D eigenvalue weighted by atomic mass is 9.51. The van der Waals surface area contributed by atoms with Gasteiger partial charge in [-0.1, -0.05) is 35.5 Å². The van der Waals surface area contributed by atoms with Gasteiger partial charge in [-0.2, -0.15) is 0 Å². The molecule has 1 saturated carbocycles. The molecular weight excluding hydrogens is 1020 g/mol. The van der Waals surface area contributed by atoms with Crippen molar-refractivity contribution in [3.05, 3.63) is 99.2 Å². The Morgan fingerprint density at radius 3 is 2.29 bits per heavy atom. The number of benzene rings is 2. The summed E-state index contributed by atoms with van der Waals surface area (Å²) in [6.07, 6.45) is 4.85. The van der Waals surface area contributed by atoms with Crippen molar-refractivity contribution in [2.45, 2.75) is 172 Å². The topological polar surface area (TPSA) is 292 Å². The number of aliphatic hydroxyl groups excluding tert-OH is 4. The van der Waals surface area contributed by atoms with Crippen molar-refractivity contribution in [3.63, 3.8) is 0 Å².